The number of aryl methyl sites for hydroxylation is 2. The van der Waals surface area contributed by atoms with E-state index in [0.717, 1.165) is 28.7 Å². The number of carbonyl (C=O) groups is 1. The third-order valence-electron chi connectivity index (χ3n) is 4.20. The Kier molecular flexibility index (Phi) is 4.46. The van der Waals surface area contributed by atoms with Crippen LogP contribution in [-0.4, -0.2) is 11.1 Å². The lowest BCUT2D eigenvalue weighted by molar-refractivity contribution is 0.0696. The van der Waals surface area contributed by atoms with E-state index >= 15 is 0 Å². The van der Waals surface area contributed by atoms with E-state index < -0.39 is 5.97 Å². The highest BCUT2D eigenvalue weighted by Crippen LogP contribution is 2.28. The van der Waals surface area contributed by atoms with E-state index in [2.05, 4.69) is 38.1 Å². The molecule has 2 heteroatoms. The Balaban J connectivity index is 2.46. The second-order valence-electron chi connectivity index (χ2n) is 5.72. The van der Waals surface area contributed by atoms with Crippen LogP contribution in [0.15, 0.2) is 36.4 Å². The van der Waals surface area contributed by atoms with Crippen molar-refractivity contribution in [2.24, 2.45) is 0 Å². The molecule has 21 heavy (non-hydrogen) atoms. The second-order valence-corrected chi connectivity index (χ2v) is 5.72. The van der Waals surface area contributed by atoms with Gasteiger partial charge in [-0.05, 0) is 60.1 Å². The maximum atomic E-state index is 11.3. The number of rotatable bonds is 4. The maximum absolute atomic E-state index is 11.3. The smallest absolute Gasteiger partial charge is 0.335 e. The summed E-state index contributed by atoms with van der Waals surface area (Å²) >= 11 is 0. The fourth-order valence-electron chi connectivity index (χ4n) is 2.62. The van der Waals surface area contributed by atoms with Crippen molar-refractivity contribution >= 4 is 5.97 Å². The minimum absolute atomic E-state index is 0.376. The normalized spacial score (nSPS) is 12.2. The molecule has 110 valence electrons. The Labute approximate surface area is 126 Å². The Morgan fingerprint density at radius 2 is 1.71 bits per heavy atom. The van der Waals surface area contributed by atoms with Crippen LogP contribution in [0.3, 0.4) is 0 Å². The lowest BCUT2D eigenvalue weighted by atomic mass is 9.92. The van der Waals surface area contributed by atoms with Gasteiger partial charge in [0.1, 0.15) is 0 Å². The molecule has 1 N–H and O–H groups in total. The van der Waals surface area contributed by atoms with E-state index in [1.54, 1.807) is 6.07 Å². The first kappa shape index (κ1) is 15.3. The van der Waals surface area contributed by atoms with Crippen LogP contribution in [0, 0.1) is 13.8 Å². The van der Waals surface area contributed by atoms with Crippen molar-refractivity contribution < 1.29 is 9.90 Å². The topological polar surface area (TPSA) is 37.3 Å². The predicted octanol–water partition coefficient (Wildman–Crippen LogP) is 5.18. The standard InChI is InChI=1S/C19H22O2/c1-5-12(2)15-6-8-16(9-7-15)17-11-18(19(20)21)14(4)10-13(17)3/h6-12H,5H2,1-4H3,(H,20,21). The summed E-state index contributed by atoms with van der Waals surface area (Å²) in [5.41, 5.74) is 5.68. The molecule has 0 spiro atoms. The van der Waals surface area contributed by atoms with Gasteiger partial charge < -0.3 is 5.11 Å². The van der Waals surface area contributed by atoms with Gasteiger partial charge in [-0.1, -0.05) is 44.2 Å². The number of carboxylic acids is 1. The molecule has 1 unspecified atom stereocenters. The van der Waals surface area contributed by atoms with Crippen molar-refractivity contribution in [2.45, 2.75) is 40.0 Å². The van der Waals surface area contributed by atoms with Gasteiger partial charge >= 0.3 is 5.97 Å². The van der Waals surface area contributed by atoms with Crippen LogP contribution in [-0.2, 0) is 0 Å². The molecule has 2 aromatic rings. The Hall–Kier alpha value is -2.09. The molecule has 0 amide bonds. The van der Waals surface area contributed by atoms with Crippen LogP contribution >= 0.6 is 0 Å². The van der Waals surface area contributed by atoms with Crippen LogP contribution in [0.4, 0.5) is 0 Å². The van der Waals surface area contributed by atoms with Gasteiger partial charge in [-0.3, -0.25) is 0 Å². The van der Waals surface area contributed by atoms with E-state index in [4.69, 9.17) is 0 Å². The van der Waals surface area contributed by atoms with E-state index in [9.17, 15) is 9.90 Å². The second kappa shape index (κ2) is 6.13. The maximum Gasteiger partial charge on any atom is 0.335 e. The highest BCUT2D eigenvalue weighted by Gasteiger charge is 2.12. The first-order valence-corrected chi connectivity index (χ1v) is 7.39. The van der Waals surface area contributed by atoms with Gasteiger partial charge in [0, 0.05) is 0 Å². The van der Waals surface area contributed by atoms with Gasteiger partial charge in [0.15, 0.2) is 0 Å². The molecule has 0 fully saturated rings. The van der Waals surface area contributed by atoms with Gasteiger partial charge in [0.05, 0.1) is 5.56 Å². The minimum Gasteiger partial charge on any atom is -0.478 e. The SMILES string of the molecule is CCC(C)c1ccc(-c2cc(C(=O)O)c(C)cc2C)cc1. The number of benzene rings is 2. The van der Waals surface area contributed by atoms with Crippen molar-refractivity contribution in [3.05, 3.63) is 58.7 Å². The minimum atomic E-state index is -0.870. The zero-order valence-electron chi connectivity index (χ0n) is 13.1. The van der Waals surface area contributed by atoms with E-state index in [-0.39, 0.29) is 0 Å². The van der Waals surface area contributed by atoms with Gasteiger partial charge in [-0.15, -0.1) is 0 Å². The van der Waals surface area contributed by atoms with E-state index in [0.29, 0.717) is 11.5 Å². The summed E-state index contributed by atoms with van der Waals surface area (Å²) in [6, 6.07) is 12.2. The third-order valence-corrected chi connectivity index (χ3v) is 4.20. The van der Waals surface area contributed by atoms with Gasteiger partial charge in [0.2, 0.25) is 0 Å². The van der Waals surface area contributed by atoms with Crippen LogP contribution in [0.5, 0.6) is 0 Å². The molecular formula is C19H22O2. The molecule has 1 atom stereocenters. The molecule has 2 nitrogen and oxygen atoms in total. The third kappa shape index (κ3) is 3.15. The van der Waals surface area contributed by atoms with Crippen LogP contribution in [0.2, 0.25) is 0 Å². The van der Waals surface area contributed by atoms with Crippen molar-refractivity contribution in [3.8, 4) is 11.1 Å². The molecule has 0 aliphatic heterocycles. The fraction of sp³-hybridized carbons (Fsp3) is 0.316. The number of hydrogen-bond acceptors (Lipinski definition) is 1. The largest absolute Gasteiger partial charge is 0.478 e. The molecule has 0 aliphatic rings. The fourth-order valence-corrected chi connectivity index (χ4v) is 2.62. The molecule has 0 aliphatic carbocycles. The average molecular weight is 282 g/mol. The number of aromatic carboxylic acids is 1. The highest BCUT2D eigenvalue weighted by atomic mass is 16.4. The Morgan fingerprint density at radius 1 is 1.10 bits per heavy atom. The summed E-state index contributed by atoms with van der Waals surface area (Å²) in [7, 11) is 0. The summed E-state index contributed by atoms with van der Waals surface area (Å²) < 4.78 is 0. The van der Waals surface area contributed by atoms with Crippen molar-refractivity contribution in [3.63, 3.8) is 0 Å². The van der Waals surface area contributed by atoms with Crippen LogP contribution in [0.1, 0.15) is 53.2 Å². The lowest BCUT2D eigenvalue weighted by Gasteiger charge is -2.13. The van der Waals surface area contributed by atoms with Gasteiger partial charge in [-0.2, -0.15) is 0 Å². The first-order chi connectivity index (χ1) is 9.93. The summed E-state index contributed by atoms with van der Waals surface area (Å²) in [6.07, 6.45) is 1.12. The molecule has 0 bridgehead atoms. The van der Waals surface area contributed by atoms with Gasteiger partial charge in [-0.25, -0.2) is 4.79 Å². The van der Waals surface area contributed by atoms with Crippen molar-refractivity contribution in [1.82, 2.24) is 0 Å². The molecule has 0 radical (unpaired) electrons. The monoisotopic (exact) mass is 282 g/mol. The van der Waals surface area contributed by atoms with E-state index in [1.165, 1.54) is 5.56 Å². The Bertz CT molecular complexity index is 654. The molecule has 2 aromatic carbocycles. The van der Waals surface area contributed by atoms with Crippen molar-refractivity contribution in [2.75, 3.05) is 0 Å². The highest BCUT2D eigenvalue weighted by molar-refractivity contribution is 5.91. The van der Waals surface area contributed by atoms with E-state index in [1.807, 2.05) is 19.9 Å². The molecule has 0 saturated heterocycles. The average Bonchev–Trinajstić information content (AvgIpc) is 2.46. The van der Waals surface area contributed by atoms with Gasteiger partial charge in [0.25, 0.3) is 0 Å². The number of hydrogen-bond donors (Lipinski definition) is 1. The summed E-state index contributed by atoms with van der Waals surface area (Å²) in [5, 5.41) is 9.28. The molecule has 0 saturated carbocycles. The zero-order chi connectivity index (χ0) is 15.6. The summed E-state index contributed by atoms with van der Waals surface area (Å²) in [4.78, 5) is 11.3. The summed E-state index contributed by atoms with van der Waals surface area (Å²) in [5.74, 6) is -0.322. The lowest BCUT2D eigenvalue weighted by Crippen LogP contribution is -2.01. The molecule has 2 rings (SSSR count). The first-order valence-electron chi connectivity index (χ1n) is 7.39. The molecular weight excluding hydrogens is 260 g/mol. The number of carboxylic acid groups (broad SMARTS) is 1. The van der Waals surface area contributed by atoms with Crippen molar-refractivity contribution in [1.29, 1.82) is 0 Å². The van der Waals surface area contributed by atoms with Crippen LogP contribution in [0.25, 0.3) is 11.1 Å². The van der Waals surface area contributed by atoms with Crippen LogP contribution < -0.4 is 0 Å². The molecule has 0 aromatic heterocycles. The predicted molar refractivity (Wildman–Crippen MR) is 87.0 cm³/mol. The summed E-state index contributed by atoms with van der Waals surface area (Å²) in [6.45, 7) is 8.26. The molecule has 0 heterocycles. The zero-order valence-corrected chi connectivity index (χ0v) is 13.1. The Morgan fingerprint density at radius 3 is 2.24 bits per heavy atom. The quantitative estimate of drug-likeness (QED) is 0.838.